The average Bonchev–Trinajstić information content (AvgIpc) is 3.91. The van der Waals surface area contributed by atoms with E-state index in [1.165, 1.54) is 10.9 Å². The molecule has 1 fully saturated rings. The fraction of sp³-hybridized carbons (Fsp3) is 0.404. The average molecular weight is 978 g/mol. The molecule has 1 aliphatic rings. The summed E-state index contributed by atoms with van der Waals surface area (Å²) in [6, 6.07) is 34.1. The van der Waals surface area contributed by atoms with Gasteiger partial charge in [0, 0.05) is 12.1 Å². The molecule has 1 aliphatic heterocycles. The molecule has 16 nitrogen and oxygen atoms in total. The van der Waals surface area contributed by atoms with Gasteiger partial charge in [0.15, 0.2) is 30.2 Å². The second-order valence-corrected chi connectivity index (χ2v) is 19.7. The number of nitrogens with zero attached hydrogens (tertiary/aromatic N) is 5. The van der Waals surface area contributed by atoms with Crippen LogP contribution in [-0.2, 0) is 34.3 Å². The molecular weight excluding hydrogens is 917 g/mol. The van der Waals surface area contributed by atoms with Gasteiger partial charge >= 0.3 is 0 Å². The first-order valence-electron chi connectivity index (χ1n) is 23.1. The zero-order chi connectivity index (χ0) is 50.2. The van der Waals surface area contributed by atoms with E-state index in [1.54, 1.807) is 26.4 Å². The van der Waals surface area contributed by atoms with Crippen LogP contribution in [0.1, 0.15) is 83.4 Å². The number of carbonyl (C=O) groups excluding carboxylic acids is 1. The van der Waals surface area contributed by atoms with Gasteiger partial charge in [-0.05, 0) is 91.8 Å². The predicted octanol–water partition coefficient (Wildman–Crippen LogP) is 9.36. The molecule has 3 heterocycles. The molecule has 4 aromatic carbocycles. The van der Waals surface area contributed by atoms with Gasteiger partial charge in [-0.3, -0.25) is 24.5 Å². The maximum Gasteiger partial charge on any atom is 0.280 e. The number of benzene rings is 4. The predicted molar refractivity (Wildman–Crippen MR) is 265 cm³/mol. The van der Waals surface area contributed by atoms with E-state index in [0.717, 1.165) is 22.3 Å². The van der Waals surface area contributed by atoms with Crippen LogP contribution in [-0.4, -0.2) is 94.6 Å². The molecule has 70 heavy (non-hydrogen) atoms. The molecule has 0 saturated carbocycles. The van der Waals surface area contributed by atoms with Gasteiger partial charge in [-0.15, -0.1) is 0 Å². The summed E-state index contributed by atoms with van der Waals surface area (Å²) < 4.78 is 65.0. The summed E-state index contributed by atoms with van der Waals surface area (Å²) in [5, 5.41) is 12.0. The highest BCUT2D eigenvalue weighted by molar-refractivity contribution is 7.44. The number of carbonyl (C=O) groups is 1. The number of fused-ring (bicyclic) bond motifs is 1. The second kappa shape index (κ2) is 22.7. The van der Waals surface area contributed by atoms with Gasteiger partial charge in [-0.1, -0.05) is 87.5 Å². The number of aromatic nitrogens is 4. The number of hydrogen-bond donors (Lipinski definition) is 2. The topological polar surface area (TPSA) is 184 Å². The molecule has 7 rings (SSSR count). The Morgan fingerprint density at radius 2 is 1.46 bits per heavy atom. The lowest BCUT2D eigenvalue weighted by Gasteiger charge is -2.39. The summed E-state index contributed by atoms with van der Waals surface area (Å²) in [5.74, 6) is 0.957. The van der Waals surface area contributed by atoms with Gasteiger partial charge in [0.2, 0.25) is 5.95 Å². The van der Waals surface area contributed by atoms with Gasteiger partial charge < -0.3 is 32.7 Å². The number of halogens is 1. The molecule has 2 N–H and O–H groups in total. The maximum atomic E-state index is 17.8. The largest absolute Gasteiger partial charge is 0.497 e. The number of ether oxygens (including phenoxy) is 5. The molecule has 0 spiro atoms. The Bertz CT molecular complexity index is 2710. The van der Waals surface area contributed by atoms with Gasteiger partial charge in [-0.25, -0.2) is 14.0 Å². The van der Waals surface area contributed by atoms with Gasteiger partial charge in [0.05, 0.1) is 46.3 Å². The van der Waals surface area contributed by atoms with Gasteiger partial charge in [0.1, 0.15) is 35.1 Å². The van der Waals surface area contributed by atoms with Gasteiger partial charge in [-0.2, -0.15) is 10.2 Å². The highest BCUT2D eigenvalue weighted by Gasteiger charge is 2.51. The monoisotopic (exact) mass is 977 g/mol. The maximum absolute atomic E-state index is 17.8. The Labute approximate surface area is 409 Å². The van der Waals surface area contributed by atoms with Crippen molar-refractivity contribution in [2.45, 2.75) is 103 Å². The van der Waals surface area contributed by atoms with E-state index in [9.17, 15) is 14.9 Å². The van der Waals surface area contributed by atoms with Crippen LogP contribution in [0.2, 0.25) is 0 Å². The summed E-state index contributed by atoms with van der Waals surface area (Å²) in [6.45, 7) is 13.7. The lowest BCUT2D eigenvalue weighted by molar-refractivity contribution is -0.118. The molecule has 18 heteroatoms. The number of amides is 1. The fourth-order valence-corrected chi connectivity index (χ4v) is 10.2. The summed E-state index contributed by atoms with van der Waals surface area (Å²) in [4.78, 5) is 38.1. The van der Waals surface area contributed by atoms with Crippen molar-refractivity contribution in [1.82, 2.24) is 24.2 Å². The summed E-state index contributed by atoms with van der Waals surface area (Å²) in [5.41, 5.74) is 1.14. The van der Waals surface area contributed by atoms with Crippen molar-refractivity contribution in [1.29, 1.82) is 5.26 Å². The molecule has 1 saturated heterocycles. The van der Waals surface area contributed by atoms with E-state index in [2.05, 4.69) is 47.1 Å². The number of alkyl halides is 1. The van der Waals surface area contributed by atoms with Crippen LogP contribution in [0.3, 0.4) is 0 Å². The molecule has 370 valence electrons. The van der Waals surface area contributed by atoms with Crippen LogP contribution in [0.5, 0.6) is 17.2 Å². The number of anilines is 1. The number of methoxy groups -OCH3 is 2. The number of rotatable bonds is 21. The molecule has 0 bridgehead atoms. The first-order valence-corrected chi connectivity index (χ1v) is 24.2. The van der Waals surface area contributed by atoms with Crippen molar-refractivity contribution < 1.29 is 41.9 Å². The summed E-state index contributed by atoms with van der Waals surface area (Å²) >= 11 is 0. The highest BCUT2D eigenvalue weighted by atomic mass is 31.2. The number of nitrogens with one attached hydrogen (secondary N) is 2. The molecule has 5 atom stereocenters. The molecular formula is C52H61FN7O9P. The second-order valence-electron chi connectivity index (χ2n) is 18.3. The van der Waals surface area contributed by atoms with E-state index in [1.807, 2.05) is 123 Å². The van der Waals surface area contributed by atoms with Crippen molar-refractivity contribution in [3.05, 3.63) is 142 Å². The van der Waals surface area contributed by atoms with Crippen LogP contribution in [0.15, 0.2) is 114 Å². The van der Waals surface area contributed by atoms with E-state index in [0.29, 0.717) is 17.2 Å². The molecule has 1 amide bonds. The SMILES string of the molecule is COc1ccc(C(OC[C@H]2O[C@@H](n3cnc4c(=O)[nH]c(NC(=O)COc5ccc(C(C)(C)C)cc5)nc43)[C@H](F)[C@@H]2OP(OCCC#N)N(C(C)C)C(C)C)(c2ccccc2)c2ccc(OC)cc2)cc1. The number of imidazole rings is 1. The molecule has 0 aliphatic carbocycles. The number of aromatic amines is 1. The summed E-state index contributed by atoms with van der Waals surface area (Å²) in [6.07, 6.45) is -4.50. The number of nitriles is 1. The number of H-pyrrole nitrogens is 1. The Morgan fingerprint density at radius 3 is 2.01 bits per heavy atom. The third-order valence-corrected chi connectivity index (χ3v) is 14.0. The zero-order valence-electron chi connectivity index (χ0n) is 40.9. The Hall–Kier alpha value is -6.25. The minimum atomic E-state index is -2.00. The van der Waals surface area contributed by atoms with E-state index >= 15 is 4.39 Å². The molecule has 2 aromatic heterocycles. The molecule has 0 radical (unpaired) electrons. The van der Waals surface area contributed by atoms with Gasteiger partial charge in [0.25, 0.3) is 20.0 Å². The standard InChI is InChI=1S/C52H61FN7O9P/c1-33(2)60(34(3)4)70(67-29-13-28-54)69-46-42(30-66-52(36-14-11-10-12-15-36,37-18-22-39(63-8)23-19-37)38-20-24-40(64-9)25-21-38)68-49(44(46)53)59-32-55-45-47(59)57-50(58-48(45)62)56-43(61)31-65-41-26-16-35(17-27-41)51(5,6)7/h10-12,14-27,32-34,42,44,46,49H,13,29-31H2,1-9H3,(H2,56,57,58,61,62)/t42-,44-,46-,49-,70?/m1/s1. The quantitative estimate of drug-likeness (QED) is 0.0396. The van der Waals surface area contributed by atoms with E-state index in [-0.39, 0.29) is 60.9 Å². The van der Waals surface area contributed by atoms with E-state index < -0.39 is 50.2 Å². The lowest BCUT2D eigenvalue weighted by atomic mass is 9.80. The Morgan fingerprint density at radius 1 is 0.886 bits per heavy atom. The van der Waals surface area contributed by atoms with Crippen molar-refractivity contribution in [2.75, 3.05) is 39.4 Å². The summed E-state index contributed by atoms with van der Waals surface area (Å²) in [7, 11) is 1.19. The van der Waals surface area contributed by atoms with Crippen LogP contribution in [0.25, 0.3) is 11.2 Å². The Kier molecular flexibility index (Phi) is 16.7. The van der Waals surface area contributed by atoms with Crippen LogP contribution in [0.4, 0.5) is 10.3 Å². The fourth-order valence-electron chi connectivity index (χ4n) is 8.40. The van der Waals surface area contributed by atoms with E-state index in [4.69, 9.17) is 32.7 Å². The van der Waals surface area contributed by atoms with Crippen LogP contribution < -0.4 is 25.1 Å². The van der Waals surface area contributed by atoms with Crippen molar-refractivity contribution >= 4 is 31.5 Å². The third-order valence-electron chi connectivity index (χ3n) is 11.8. The lowest BCUT2D eigenvalue weighted by Crippen LogP contribution is -2.41. The minimum Gasteiger partial charge on any atom is -0.497 e. The highest BCUT2D eigenvalue weighted by Crippen LogP contribution is 2.51. The zero-order valence-corrected chi connectivity index (χ0v) is 41.8. The Balaban J connectivity index is 1.26. The molecule has 6 aromatic rings. The molecule has 1 unspecified atom stereocenters. The first-order chi connectivity index (χ1) is 33.6. The third kappa shape index (κ3) is 11.5. The van der Waals surface area contributed by atoms with Crippen LogP contribution >= 0.6 is 8.53 Å². The smallest absolute Gasteiger partial charge is 0.280 e. The number of hydrogen-bond acceptors (Lipinski definition) is 13. The van der Waals surface area contributed by atoms with Crippen molar-refractivity contribution in [3.8, 4) is 23.3 Å². The minimum absolute atomic E-state index is 0.0429. The first kappa shape index (κ1) is 51.6. The van der Waals surface area contributed by atoms with Crippen molar-refractivity contribution in [2.24, 2.45) is 0 Å². The van der Waals surface area contributed by atoms with Crippen molar-refractivity contribution in [3.63, 3.8) is 0 Å². The normalized spacial score (nSPS) is 17.8. The van der Waals surface area contributed by atoms with Crippen LogP contribution in [0, 0.1) is 11.3 Å².